The van der Waals surface area contributed by atoms with E-state index in [-0.39, 0.29) is 17.9 Å². The number of amides is 1. The number of carbonyl (C=O) groups excluding carboxylic acids is 1. The molecule has 30 heavy (non-hydrogen) atoms. The first kappa shape index (κ1) is 19.3. The zero-order valence-electron chi connectivity index (χ0n) is 16.2. The molecule has 7 nitrogen and oxygen atoms in total. The molecule has 0 atom stereocenters. The van der Waals surface area contributed by atoms with Crippen LogP contribution in [0.15, 0.2) is 83.9 Å². The molecule has 0 bridgehead atoms. The molecule has 7 heteroatoms. The fourth-order valence-corrected chi connectivity index (χ4v) is 3.02. The molecule has 1 N–H and O–H groups in total. The van der Waals surface area contributed by atoms with Gasteiger partial charge in [-0.1, -0.05) is 30.3 Å². The van der Waals surface area contributed by atoms with Crippen LogP contribution in [-0.2, 0) is 24.5 Å². The molecule has 0 aliphatic heterocycles. The third kappa shape index (κ3) is 4.70. The van der Waals surface area contributed by atoms with Gasteiger partial charge in [0.05, 0.1) is 17.4 Å². The summed E-state index contributed by atoms with van der Waals surface area (Å²) in [5.41, 5.74) is 2.28. The molecule has 2 aromatic heterocycles. The smallest absolute Gasteiger partial charge is 0.242 e. The lowest BCUT2D eigenvalue weighted by atomic mass is 10.2. The van der Waals surface area contributed by atoms with Crippen LogP contribution in [0.5, 0.6) is 5.75 Å². The molecule has 2 heterocycles. The molecule has 0 aliphatic carbocycles. The lowest BCUT2D eigenvalue weighted by Gasteiger charge is -2.10. The molecule has 0 saturated carbocycles. The minimum Gasteiger partial charge on any atom is -0.487 e. The number of carbonyl (C=O) groups is 1. The second-order valence-electron chi connectivity index (χ2n) is 6.71. The van der Waals surface area contributed by atoms with Gasteiger partial charge in [-0.3, -0.25) is 19.3 Å². The van der Waals surface area contributed by atoms with Crippen LogP contribution in [-0.4, -0.2) is 20.7 Å². The number of pyridine rings is 1. The van der Waals surface area contributed by atoms with Gasteiger partial charge < -0.3 is 10.1 Å². The molecule has 0 spiro atoms. The zero-order chi connectivity index (χ0) is 20.8. The molecule has 150 valence electrons. The van der Waals surface area contributed by atoms with Gasteiger partial charge in [-0.2, -0.15) is 5.10 Å². The van der Waals surface area contributed by atoms with E-state index in [0.29, 0.717) is 24.1 Å². The van der Waals surface area contributed by atoms with E-state index in [1.165, 1.54) is 10.9 Å². The van der Waals surface area contributed by atoms with Gasteiger partial charge in [0.2, 0.25) is 11.3 Å². The van der Waals surface area contributed by atoms with Crippen molar-refractivity contribution < 1.29 is 9.53 Å². The standard InChI is InChI=1S/C23H20N4O3/c28-22-14-26-27(21-7-2-1-6-20(21)22)15-23(29)25-13-17-8-10-19(11-9-17)30-16-18-5-3-4-12-24-18/h1-12,14H,13,15-16H2,(H,25,29). The van der Waals surface area contributed by atoms with Crippen molar-refractivity contribution in [1.82, 2.24) is 20.1 Å². The highest BCUT2D eigenvalue weighted by molar-refractivity contribution is 5.81. The number of ether oxygens (including phenoxy) is 1. The Hall–Kier alpha value is -4.00. The van der Waals surface area contributed by atoms with Crippen molar-refractivity contribution in [2.45, 2.75) is 19.7 Å². The summed E-state index contributed by atoms with van der Waals surface area (Å²) >= 11 is 0. The largest absolute Gasteiger partial charge is 0.487 e. The quantitative estimate of drug-likeness (QED) is 0.515. The number of nitrogens with one attached hydrogen (secondary N) is 1. The number of nitrogens with zero attached hydrogens (tertiary/aromatic N) is 3. The Morgan fingerprint density at radius 3 is 2.60 bits per heavy atom. The van der Waals surface area contributed by atoms with Crippen LogP contribution in [0.4, 0.5) is 0 Å². The summed E-state index contributed by atoms with van der Waals surface area (Å²) in [5, 5.41) is 7.50. The highest BCUT2D eigenvalue weighted by Gasteiger charge is 2.08. The van der Waals surface area contributed by atoms with Gasteiger partial charge in [0.1, 0.15) is 18.9 Å². The van der Waals surface area contributed by atoms with Gasteiger partial charge in [-0.05, 0) is 42.0 Å². The number of fused-ring (bicyclic) bond motifs is 1. The number of aromatic nitrogens is 3. The minimum absolute atomic E-state index is 0.0338. The molecular formula is C23H20N4O3. The lowest BCUT2D eigenvalue weighted by Crippen LogP contribution is -2.28. The minimum atomic E-state index is -0.188. The molecule has 4 aromatic rings. The SMILES string of the molecule is O=C(Cn1ncc(=O)c2ccccc21)NCc1ccc(OCc2ccccn2)cc1. The second kappa shape index (κ2) is 9.00. The Kier molecular flexibility index (Phi) is 5.80. The molecule has 0 radical (unpaired) electrons. The van der Waals surface area contributed by atoms with E-state index >= 15 is 0 Å². The number of hydrogen-bond donors (Lipinski definition) is 1. The second-order valence-corrected chi connectivity index (χ2v) is 6.71. The average molecular weight is 400 g/mol. The molecule has 0 fully saturated rings. The normalized spacial score (nSPS) is 10.7. The third-order valence-electron chi connectivity index (χ3n) is 4.58. The van der Waals surface area contributed by atoms with Crippen LogP contribution in [0.3, 0.4) is 0 Å². The first-order valence-corrected chi connectivity index (χ1v) is 9.52. The Balaban J connectivity index is 1.32. The van der Waals surface area contributed by atoms with Gasteiger partial charge in [-0.15, -0.1) is 0 Å². The van der Waals surface area contributed by atoms with E-state index in [2.05, 4.69) is 15.4 Å². The molecular weight excluding hydrogens is 380 g/mol. The van der Waals surface area contributed by atoms with E-state index in [4.69, 9.17) is 4.74 Å². The summed E-state index contributed by atoms with van der Waals surface area (Å²) < 4.78 is 7.24. The van der Waals surface area contributed by atoms with Gasteiger partial charge in [-0.25, -0.2) is 0 Å². The Labute approximate surface area is 173 Å². The molecule has 4 rings (SSSR count). The van der Waals surface area contributed by atoms with Crippen LogP contribution < -0.4 is 15.5 Å². The van der Waals surface area contributed by atoms with Crippen LogP contribution in [0.2, 0.25) is 0 Å². The summed E-state index contributed by atoms with van der Waals surface area (Å²) in [6.07, 6.45) is 2.97. The first-order valence-electron chi connectivity index (χ1n) is 9.52. The van der Waals surface area contributed by atoms with Gasteiger partial charge in [0, 0.05) is 18.1 Å². The van der Waals surface area contributed by atoms with Crippen LogP contribution in [0, 0.1) is 0 Å². The van der Waals surface area contributed by atoms with E-state index in [1.54, 1.807) is 24.4 Å². The third-order valence-corrected chi connectivity index (χ3v) is 4.58. The highest BCUT2D eigenvalue weighted by atomic mass is 16.5. The molecule has 1 amide bonds. The van der Waals surface area contributed by atoms with Crippen molar-refractivity contribution in [2.24, 2.45) is 0 Å². The Morgan fingerprint density at radius 2 is 1.80 bits per heavy atom. The maximum Gasteiger partial charge on any atom is 0.242 e. The van der Waals surface area contributed by atoms with Crippen molar-refractivity contribution >= 4 is 16.8 Å². The molecule has 2 aromatic carbocycles. The number of benzene rings is 2. The van der Waals surface area contributed by atoms with Crippen molar-refractivity contribution in [3.63, 3.8) is 0 Å². The number of para-hydroxylation sites is 1. The Bertz CT molecular complexity index is 1200. The van der Waals surface area contributed by atoms with E-state index in [1.807, 2.05) is 48.5 Å². The summed E-state index contributed by atoms with van der Waals surface area (Å²) in [7, 11) is 0. The summed E-state index contributed by atoms with van der Waals surface area (Å²) in [6.45, 7) is 0.820. The van der Waals surface area contributed by atoms with Crippen molar-refractivity contribution in [3.05, 3.63) is 101 Å². The fourth-order valence-electron chi connectivity index (χ4n) is 3.02. The van der Waals surface area contributed by atoms with Crippen molar-refractivity contribution in [3.8, 4) is 5.75 Å². The maximum absolute atomic E-state index is 12.4. The van der Waals surface area contributed by atoms with E-state index < -0.39 is 0 Å². The maximum atomic E-state index is 12.4. The predicted octanol–water partition coefficient (Wildman–Crippen LogP) is 2.69. The monoisotopic (exact) mass is 400 g/mol. The molecule has 0 saturated heterocycles. The average Bonchev–Trinajstić information content (AvgIpc) is 2.80. The van der Waals surface area contributed by atoms with Gasteiger partial charge in [0.25, 0.3) is 0 Å². The summed E-state index contributed by atoms with van der Waals surface area (Å²) in [6, 6.07) is 20.3. The highest BCUT2D eigenvalue weighted by Crippen LogP contribution is 2.14. The van der Waals surface area contributed by atoms with Crippen LogP contribution in [0.25, 0.3) is 10.9 Å². The summed E-state index contributed by atoms with van der Waals surface area (Å²) in [4.78, 5) is 28.5. The Morgan fingerprint density at radius 1 is 1.00 bits per heavy atom. The van der Waals surface area contributed by atoms with Gasteiger partial charge >= 0.3 is 0 Å². The lowest BCUT2D eigenvalue weighted by molar-refractivity contribution is -0.121. The van der Waals surface area contributed by atoms with Crippen molar-refractivity contribution in [2.75, 3.05) is 0 Å². The predicted molar refractivity (Wildman–Crippen MR) is 113 cm³/mol. The van der Waals surface area contributed by atoms with Crippen molar-refractivity contribution in [1.29, 1.82) is 0 Å². The van der Waals surface area contributed by atoms with E-state index in [9.17, 15) is 9.59 Å². The molecule has 0 unspecified atom stereocenters. The van der Waals surface area contributed by atoms with Gasteiger partial charge in [0.15, 0.2) is 0 Å². The summed E-state index contributed by atoms with van der Waals surface area (Å²) in [5.74, 6) is 0.548. The van der Waals surface area contributed by atoms with Crippen LogP contribution >= 0.6 is 0 Å². The topological polar surface area (TPSA) is 86.1 Å². The van der Waals surface area contributed by atoms with Crippen LogP contribution in [0.1, 0.15) is 11.3 Å². The van der Waals surface area contributed by atoms with E-state index in [0.717, 1.165) is 17.0 Å². The fraction of sp³-hybridized carbons (Fsp3) is 0.130. The number of hydrogen-bond acceptors (Lipinski definition) is 5. The molecule has 0 aliphatic rings. The first-order chi connectivity index (χ1) is 14.7. The number of rotatable bonds is 7. The zero-order valence-corrected chi connectivity index (χ0v) is 16.2.